The minimum Gasteiger partial charge on any atom is -0.398 e. The summed E-state index contributed by atoms with van der Waals surface area (Å²) in [6.45, 7) is 2.25. The van der Waals surface area contributed by atoms with E-state index < -0.39 is 0 Å². The molecule has 0 spiro atoms. The predicted molar refractivity (Wildman–Crippen MR) is 91.5 cm³/mol. The summed E-state index contributed by atoms with van der Waals surface area (Å²) in [6.07, 6.45) is 6.14. The molecule has 0 fully saturated rings. The van der Waals surface area contributed by atoms with Gasteiger partial charge >= 0.3 is 0 Å². The number of nitrogens with zero attached hydrogens (tertiary/aromatic N) is 1. The highest BCUT2D eigenvalue weighted by Crippen LogP contribution is 2.31. The first-order valence-electron chi connectivity index (χ1n) is 7.87. The molecule has 0 saturated heterocycles. The highest BCUT2D eigenvalue weighted by Gasteiger charge is 2.10. The molecule has 0 saturated carbocycles. The third kappa shape index (κ3) is 2.71. The lowest BCUT2D eigenvalue weighted by molar-refractivity contribution is 0.669. The normalized spacial score (nSPS) is 11.3. The Hall–Kier alpha value is -2.09. The maximum atomic E-state index is 6.24. The molecule has 0 amide bonds. The maximum absolute atomic E-state index is 6.24. The quantitative estimate of drug-likeness (QED) is 0.401. The Balaban J connectivity index is 2.14. The van der Waals surface area contributed by atoms with Crippen molar-refractivity contribution in [1.82, 2.24) is 4.98 Å². The van der Waals surface area contributed by atoms with Crippen LogP contribution in [0.3, 0.4) is 0 Å². The molecule has 0 aliphatic rings. The van der Waals surface area contributed by atoms with Crippen LogP contribution in [0.25, 0.3) is 21.8 Å². The first-order chi connectivity index (χ1) is 10.3. The van der Waals surface area contributed by atoms with E-state index in [1.807, 2.05) is 18.2 Å². The number of hydrogen-bond acceptors (Lipinski definition) is 2. The van der Waals surface area contributed by atoms with Gasteiger partial charge in [-0.2, -0.15) is 0 Å². The number of rotatable bonds is 5. The van der Waals surface area contributed by atoms with Crippen LogP contribution in [-0.4, -0.2) is 4.98 Å². The third-order valence-electron chi connectivity index (χ3n) is 4.13. The maximum Gasteiger partial charge on any atom is 0.0733 e. The lowest BCUT2D eigenvalue weighted by Gasteiger charge is -2.12. The molecule has 21 heavy (non-hydrogen) atoms. The number of fused-ring (bicyclic) bond motifs is 2. The first kappa shape index (κ1) is 13.9. The van der Waals surface area contributed by atoms with Crippen molar-refractivity contribution in [2.75, 3.05) is 5.73 Å². The number of aryl methyl sites for hydroxylation is 1. The standard InChI is InChI=1S/C19H22N2/c1-2-3-4-5-10-15-14-9-6-7-12-17(14)21-18-13-8-11-16(20)19(15)18/h6-9,11-13H,2-5,10,20H2,1H3. The van der Waals surface area contributed by atoms with E-state index in [1.165, 1.54) is 36.6 Å². The second-order valence-corrected chi connectivity index (χ2v) is 5.66. The number of para-hydroxylation sites is 1. The van der Waals surface area contributed by atoms with Crippen LogP contribution in [0.2, 0.25) is 0 Å². The third-order valence-corrected chi connectivity index (χ3v) is 4.13. The van der Waals surface area contributed by atoms with Crippen molar-refractivity contribution < 1.29 is 0 Å². The predicted octanol–water partition coefficient (Wildman–Crippen LogP) is 5.09. The average Bonchev–Trinajstić information content (AvgIpc) is 2.51. The number of nitrogen functional groups attached to an aromatic ring is 1. The fourth-order valence-corrected chi connectivity index (χ4v) is 3.06. The molecule has 0 aliphatic carbocycles. The molecule has 3 rings (SSSR count). The minimum atomic E-state index is 0.844. The summed E-state index contributed by atoms with van der Waals surface area (Å²) >= 11 is 0. The van der Waals surface area contributed by atoms with Crippen LogP contribution in [0, 0.1) is 0 Å². The second-order valence-electron chi connectivity index (χ2n) is 5.66. The highest BCUT2D eigenvalue weighted by molar-refractivity contribution is 6.02. The van der Waals surface area contributed by atoms with E-state index in [0.717, 1.165) is 28.5 Å². The van der Waals surface area contributed by atoms with Gasteiger partial charge in [0.2, 0.25) is 0 Å². The monoisotopic (exact) mass is 278 g/mol. The summed E-state index contributed by atoms with van der Waals surface area (Å²) in [5, 5.41) is 2.40. The SMILES string of the molecule is CCCCCCc1c2ccccc2nc2cccc(N)c12. The zero-order chi connectivity index (χ0) is 14.7. The largest absolute Gasteiger partial charge is 0.398 e. The summed E-state index contributed by atoms with van der Waals surface area (Å²) in [5.74, 6) is 0. The van der Waals surface area contributed by atoms with E-state index in [0.29, 0.717) is 0 Å². The van der Waals surface area contributed by atoms with Crippen molar-refractivity contribution in [2.45, 2.75) is 39.0 Å². The number of anilines is 1. The van der Waals surface area contributed by atoms with Crippen molar-refractivity contribution in [2.24, 2.45) is 0 Å². The number of benzene rings is 2. The van der Waals surface area contributed by atoms with Gasteiger partial charge in [-0.15, -0.1) is 0 Å². The minimum absolute atomic E-state index is 0.844. The fraction of sp³-hybridized carbons (Fsp3) is 0.316. The molecule has 3 aromatic rings. The van der Waals surface area contributed by atoms with Gasteiger partial charge in [-0.25, -0.2) is 4.98 Å². The summed E-state index contributed by atoms with van der Waals surface area (Å²) in [4.78, 5) is 4.76. The molecule has 108 valence electrons. The Kier molecular flexibility index (Phi) is 4.05. The molecule has 2 nitrogen and oxygen atoms in total. The smallest absolute Gasteiger partial charge is 0.0733 e. The zero-order valence-corrected chi connectivity index (χ0v) is 12.6. The molecule has 0 radical (unpaired) electrons. The first-order valence-corrected chi connectivity index (χ1v) is 7.87. The van der Waals surface area contributed by atoms with Crippen LogP contribution in [0.1, 0.15) is 38.2 Å². The molecule has 0 aliphatic heterocycles. The van der Waals surface area contributed by atoms with E-state index in [9.17, 15) is 0 Å². The molecule has 1 aromatic heterocycles. The second kappa shape index (κ2) is 6.13. The molecule has 2 aromatic carbocycles. The molecule has 0 bridgehead atoms. The van der Waals surface area contributed by atoms with Crippen LogP contribution in [0.15, 0.2) is 42.5 Å². The van der Waals surface area contributed by atoms with Crippen molar-refractivity contribution in [3.8, 4) is 0 Å². The lowest BCUT2D eigenvalue weighted by Crippen LogP contribution is -1.97. The Morgan fingerprint density at radius 2 is 1.71 bits per heavy atom. The average molecular weight is 278 g/mol. The molecule has 2 heteroatoms. The zero-order valence-electron chi connectivity index (χ0n) is 12.6. The van der Waals surface area contributed by atoms with Crippen molar-refractivity contribution in [3.63, 3.8) is 0 Å². The van der Waals surface area contributed by atoms with Crippen LogP contribution < -0.4 is 5.73 Å². The molecule has 0 atom stereocenters. The molecular weight excluding hydrogens is 256 g/mol. The van der Waals surface area contributed by atoms with Crippen LogP contribution in [-0.2, 0) is 6.42 Å². The van der Waals surface area contributed by atoms with E-state index >= 15 is 0 Å². The van der Waals surface area contributed by atoms with Crippen molar-refractivity contribution in [1.29, 1.82) is 0 Å². The highest BCUT2D eigenvalue weighted by atomic mass is 14.7. The number of aromatic nitrogens is 1. The summed E-state index contributed by atoms with van der Waals surface area (Å²) < 4.78 is 0. The summed E-state index contributed by atoms with van der Waals surface area (Å²) in [7, 11) is 0. The Labute approximate surface area is 126 Å². The van der Waals surface area contributed by atoms with Gasteiger partial charge in [-0.05, 0) is 36.6 Å². The Morgan fingerprint density at radius 1 is 0.905 bits per heavy atom. The van der Waals surface area contributed by atoms with E-state index in [4.69, 9.17) is 10.7 Å². The van der Waals surface area contributed by atoms with E-state index in [-0.39, 0.29) is 0 Å². The van der Waals surface area contributed by atoms with Crippen LogP contribution >= 0.6 is 0 Å². The van der Waals surface area contributed by atoms with E-state index in [2.05, 4.69) is 31.2 Å². The lowest BCUT2D eigenvalue weighted by atomic mass is 9.96. The van der Waals surface area contributed by atoms with Gasteiger partial charge in [0.05, 0.1) is 11.0 Å². The number of nitrogens with two attached hydrogens (primary N) is 1. The number of unbranched alkanes of at least 4 members (excludes halogenated alkanes) is 3. The van der Waals surface area contributed by atoms with Gasteiger partial charge in [0, 0.05) is 16.5 Å². The van der Waals surface area contributed by atoms with Gasteiger partial charge in [-0.3, -0.25) is 0 Å². The Morgan fingerprint density at radius 3 is 2.57 bits per heavy atom. The molecule has 1 heterocycles. The molecule has 0 unspecified atom stereocenters. The fourth-order valence-electron chi connectivity index (χ4n) is 3.06. The van der Waals surface area contributed by atoms with Gasteiger partial charge in [0.1, 0.15) is 0 Å². The van der Waals surface area contributed by atoms with Crippen LogP contribution in [0.4, 0.5) is 5.69 Å². The summed E-state index contributed by atoms with van der Waals surface area (Å²) in [6, 6.07) is 14.4. The van der Waals surface area contributed by atoms with Gasteiger partial charge in [0.15, 0.2) is 0 Å². The molecular formula is C19H22N2. The van der Waals surface area contributed by atoms with Gasteiger partial charge in [0.25, 0.3) is 0 Å². The summed E-state index contributed by atoms with van der Waals surface area (Å²) in [5.41, 5.74) is 10.5. The molecule has 2 N–H and O–H groups in total. The van der Waals surface area contributed by atoms with Crippen molar-refractivity contribution in [3.05, 3.63) is 48.0 Å². The number of hydrogen-bond donors (Lipinski definition) is 1. The van der Waals surface area contributed by atoms with Crippen LogP contribution in [0.5, 0.6) is 0 Å². The Bertz CT molecular complexity index is 762. The van der Waals surface area contributed by atoms with E-state index in [1.54, 1.807) is 0 Å². The van der Waals surface area contributed by atoms with Crippen molar-refractivity contribution >= 4 is 27.5 Å². The topological polar surface area (TPSA) is 38.9 Å². The van der Waals surface area contributed by atoms with Gasteiger partial charge < -0.3 is 5.73 Å². The van der Waals surface area contributed by atoms with Gasteiger partial charge in [-0.1, -0.05) is 50.5 Å². The number of pyridine rings is 1.